The molecule has 4 N–H and O–H groups in total. The molecule has 0 aliphatic heterocycles. The lowest BCUT2D eigenvalue weighted by atomic mass is 9.88. The topological polar surface area (TPSA) is 64.9 Å². The maximum absolute atomic E-state index is 10.4. The van der Waals surface area contributed by atoms with E-state index >= 15 is 0 Å². The van der Waals surface area contributed by atoms with Crippen LogP contribution in [-0.4, -0.2) is 17.6 Å². The molecule has 0 radical (unpaired) electrons. The van der Waals surface area contributed by atoms with Crippen LogP contribution in [0.5, 0.6) is 0 Å². The molecular weight excluding hydrogens is 154 g/mol. The molecule has 0 aromatic rings. The molecule has 10 heavy (non-hydrogen) atoms. The van der Waals surface area contributed by atoms with E-state index in [0.29, 0.717) is 13.0 Å². The summed E-state index contributed by atoms with van der Waals surface area (Å²) in [6.45, 7) is 4.03. The van der Waals surface area contributed by atoms with Crippen molar-refractivity contribution in [3.05, 3.63) is 0 Å². The summed E-state index contributed by atoms with van der Waals surface area (Å²) in [6.07, 6.45) is 0.645. The normalized spacial score (nSPS) is 15.1. The van der Waals surface area contributed by atoms with Crippen LogP contribution in [0.25, 0.3) is 0 Å². The number of halogens is 1. The highest BCUT2D eigenvalue weighted by atomic mass is 35.5. The molecule has 4 heteroatoms. The molecule has 3 nitrogen and oxygen atoms in total. The van der Waals surface area contributed by atoms with Crippen molar-refractivity contribution in [2.45, 2.75) is 20.3 Å². The van der Waals surface area contributed by atoms with Crippen molar-refractivity contribution in [3.8, 4) is 0 Å². The minimum atomic E-state index is -0.750. The molecule has 1 unspecified atom stereocenters. The van der Waals surface area contributed by atoms with Gasteiger partial charge in [0.2, 0.25) is 0 Å². The van der Waals surface area contributed by atoms with Crippen LogP contribution in [0.15, 0.2) is 0 Å². The van der Waals surface area contributed by atoms with Gasteiger partial charge in [-0.05, 0) is 13.3 Å². The van der Waals surface area contributed by atoms with E-state index in [4.69, 9.17) is 5.11 Å². The summed E-state index contributed by atoms with van der Waals surface area (Å²) < 4.78 is 0. The van der Waals surface area contributed by atoms with E-state index in [1.54, 1.807) is 6.92 Å². The molecule has 0 aromatic heterocycles. The van der Waals surface area contributed by atoms with Crippen LogP contribution in [0.1, 0.15) is 20.3 Å². The highest BCUT2D eigenvalue weighted by Crippen LogP contribution is 2.17. The summed E-state index contributed by atoms with van der Waals surface area (Å²) >= 11 is 0. The van der Waals surface area contributed by atoms with Crippen molar-refractivity contribution in [1.29, 1.82) is 0 Å². The van der Waals surface area contributed by atoms with Gasteiger partial charge in [-0.3, -0.25) is 4.79 Å². The van der Waals surface area contributed by atoms with E-state index in [1.807, 2.05) is 6.92 Å². The average molecular weight is 168 g/mol. The fourth-order valence-corrected chi connectivity index (χ4v) is 0.435. The van der Waals surface area contributed by atoms with Gasteiger partial charge in [-0.2, -0.15) is 0 Å². The number of hydrogen-bond donors (Lipinski definition) is 2. The third-order valence-corrected chi connectivity index (χ3v) is 1.85. The van der Waals surface area contributed by atoms with Gasteiger partial charge in [-0.25, -0.2) is 0 Å². The smallest absolute Gasteiger partial charge is 0.315 e. The van der Waals surface area contributed by atoms with Gasteiger partial charge in [0.25, 0.3) is 0 Å². The summed E-state index contributed by atoms with van der Waals surface area (Å²) in [7, 11) is 0. The Morgan fingerprint density at radius 2 is 2.10 bits per heavy atom. The lowest BCUT2D eigenvalue weighted by Crippen LogP contribution is -3.00. The largest absolute Gasteiger partial charge is 1.00 e. The van der Waals surface area contributed by atoms with Crippen LogP contribution < -0.4 is 18.1 Å². The number of aliphatic carboxylic acids is 1. The fraction of sp³-hybridized carbons (Fsp3) is 0.833. The second-order valence-corrected chi connectivity index (χ2v) is 2.47. The van der Waals surface area contributed by atoms with Gasteiger partial charge in [0.1, 0.15) is 5.41 Å². The Bertz CT molecular complexity index is 112. The van der Waals surface area contributed by atoms with Gasteiger partial charge in [-0.1, -0.05) is 6.92 Å². The van der Waals surface area contributed by atoms with E-state index < -0.39 is 11.4 Å². The lowest BCUT2D eigenvalue weighted by molar-refractivity contribution is -0.387. The number of rotatable bonds is 3. The van der Waals surface area contributed by atoms with E-state index in [0.717, 1.165) is 0 Å². The van der Waals surface area contributed by atoms with E-state index in [9.17, 15) is 4.79 Å². The molecule has 0 bridgehead atoms. The van der Waals surface area contributed by atoms with Crippen molar-refractivity contribution >= 4 is 5.97 Å². The van der Waals surface area contributed by atoms with E-state index in [-0.39, 0.29) is 12.4 Å². The quantitative estimate of drug-likeness (QED) is 0.464. The van der Waals surface area contributed by atoms with Crippen LogP contribution >= 0.6 is 0 Å². The Kier molecular flexibility index (Phi) is 5.61. The zero-order valence-corrected chi connectivity index (χ0v) is 7.11. The molecule has 0 saturated heterocycles. The molecule has 0 amide bonds. The number of hydrogen-bond acceptors (Lipinski definition) is 1. The van der Waals surface area contributed by atoms with Crippen LogP contribution in [0.4, 0.5) is 0 Å². The summed E-state index contributed by atoms with van der Waals surface area (Å²) in [4.78, 5) is 10.4. The van der Waals surface area contributed by atoms with Crippen molar-refractivity contribution in [2.24, 2.45) is 5.41 Å². The van der Waals surface area contributed by atoms with Gasteiger partial charge < -0.3 is 23.2 Å². The van der Waals surface area contributed by atoms with Gasteiger partial charge in [-0.15, -0.1) is 0 Å². The third kappa shape index (κ3) is 2.54. The molecule has 0 fully saturated rings. The van der Waals surface area contributed by atoms with E-state index in [1.165, 1.54) is 0 Å². The lowest BCUT2D eigenvalue weighted by Gasteiger charge is -2.16. The minimum Gasteiger partial charge on any atom is -1.00 e. The highest BCUT2D eigenvalue weighted by molar-refractivity contribution is 5.74. The first-order valence-electron chi connectivity index (χ1n) is 3.09. The molecule has 0 aliphatic rings. The summed E-state index contributed by atoms with van der Waals surface area (Å²) in [6, 6.07) is 0. The molecule has 0 spiro atoms. The van der Waals surface area contributed by atoms with Crippen LogP contribution in [0.2, 0.25) is 0 Å². The SMILES string of the molecule is CCC(C)(C[NH3+])C(=O)O.[Cl-]. The van der Waals surface area contributed by atoms with Crippen molar-refractivity contribution in [2.75, 3.05) is 6.54 Å². The molecule has 62 valence electrons. The fourth-order valence-electron chi connectivity index (χ4n) is 0.435. The first-order chi connectivity index (χ1) is 4.06. The maximum Gasteiger partial charge on any atom is 0.315 e. The van der Waals surface area contributed by atoms with Crippen molar-refractivity contribution < 1.29 is 28.0 Å². The zero-order valence-electron chi connectivity index (χ0n) is 6.35. The first kappa shape index (κ1) is 12.4. The summed E-state index contributed by atoms with van der Waals surface area (Å²) in [5, 5.41) is 8.59. The van der Waals surface area contributed by atoms with Gasteiger partial charge in [0, 0.05) is 0 Å². The second kappa shape index (κ2) is 4.52. The zero-order chi connectivity index (χ0) is 7.49. The monoisotopic (exact) mass is 167 g/mol. The van der Waals surface area contributed by atoms with Gasteiger partial charge in [0.05, 0.1) is 6.54 Å². The molecule has 0 rings (SSSR count). The highest BCUT2D eigenvalue weighted by Gasteiger charge is 2.31. The standard InChI is InChI=1S/C6H13NO2.ClH/c1-3-6(2,4-7)5(8)9;/h3-4,7H2,1-2H3,(H,8,9);1H. The third-order valence-electron chi connectivity index (χ3n) is 1.85. The molecular formula is C6H14ClNO2. The number of carbonyl (C=O) groups is 1. The predicted octanol–water partition coefficient (Wildman–Crippen LogP) is -3.27. The van der Waals surface area contributed by atoms with Crippen molar-refractivity contribution in [1.82, 2.24) is 0 Å². The van der Waals surface area contributed by atoms with Crippen LogP contribution in [-0.2, 0) is 4.79 Å². The number of quaternary nitrogens is 1. The minimum absolute atomic E-state index is 0. The Labute approximate surface area is 67.0 Å². The van der Waals surface area contributed by atoms with Crippen LogP contribution in [0.3, 0.4) is 0 Å². The summed E-state index contributed by atoms with van der Waals surface area (Å²) in [5.41, 5.74) is 2.96. The Balaban J connectivity index is 0. The Hall–Kier alpha value is -0.280. The number of carboxylic acid groups (broad SMARTS) is 1. The Morgan fingerprint density at radius 1 is 1.70 bits per heavy atom. The maximum atomic E-state index is 10.4. The van der Waals surface area contributed by atoms with E-state index in [2.05, 4.69) is 5.73 Å². The predicted molar refractivity (Wildman–Crippen MR) is 33.8 cm³/mol. The van der Waals surface area contributed by atoms with Gasteiger partial charge in [0.15, 0.2) is 0 Å². The molecule has 0 saturated carbocycles. The molecule has 1 atom stereocenters. The summed E-state index contributed by atoms with van der Waals surface area (Å²) in [5.74, 6) is -0.750. The molecule has 0 aliphatic carbocycles. The van der Waals surface area contributed by atoms with Crippen LogP contribution in [0, 0.1) is 5.41 Å². The average Bonchev–Trinajstić information content (AvgIpc) is 1.86. The number of carboxylic acids is 1. The molecule has 0 heterocycles. The van der Waals surface area contributed by atoms with Gasteiger partial charge >= 0.3 is 5.97 Å². The Morgan fingerprint density at radius 3 is 2.10 bits per heavy atom. The van der Waals surface area contributed by atoms with Crippen molar-refractivity contribution in [3.63, 3.8) is 0 Å². The first-order valence-corrected chi connectivity index (χ1v) is 3.09. The molecule has 0 aromatic carbocycles. The second-order valence-electron chi connectivity index (χ2n) is 2.47.